The third-order valence-electron chi connectivity index (χ3n) is 3.27. The molecule has 0 spiro atoms. The number of rotatable bonds is 3. The van der Waals surface area contributed by atoms with Crippen LogP contribution in [0.2, 0.25) is 0 Å². The summed E-state index contributed by atoms with van der Waals surface area (Å²) in [6, 6.07) is 11.5. The maximum atomic E-state index is 12.6. The largest absolute Gasteiger partial charge is 0.294 e. The molecule has 3 nitrogen and oxygen atoms in total. The molecule has 2 heterocycles. The van der Waals surface area contributed by atoms with Crippen molar-refractivity contribution in [3.05, 3.63) is 70.1 Å². The lowest BCUT2D eigenvalue weighted by molar-refractivity contribution is 0.0994. The number of para-hydroxylation sites is 1. The van der Waals surface area contributed by atoms with Crippen LogP contribution < -0.4 is 0 Å². The second-order valence-electron chi connectivity index (χ2n) is 4.94. The molecule has 104 valence electrons. The van der Waals surface area contributed by atoms with Crippen LogP contribution in [-0.2, 0) is 6.42 Å². The molecule has 0 aliphatic carbocycles. The Balaban J connectivity index is 2.02. The van der Waals surface area contributed by atoms with Crippen molar-refractivity contribution in [1.29, 1.82) is 0 Å². The summed E-state index contributed by atoms with van der Waals surface area (Å²) in [7, 11) is 0. The third kappa shape index (κ3) is 3.00. The van der Waals surface area contributed by atoms with Gasteiger partial charge in [-0.3, -0.25) is 14.8 Å². The van der Waals surface area contributed by atoms with Crippen LogP contribution in [0.25, 0.3) is 10.9 Å². The van der Waals surface area contributed by atoms with Crippen LogP contribution in [0.3, 0.4) is 0 Å². The van der Waals surface area contributed by atoms with Crippen LogP contribution >= 0.6 is 15.9 Å². The summed E-state index contributed by atoms with van der Waals surface area (Å²) in [4.78, 5) is 21.2. The smallest absolute Gasteiger partial charge is 0.168 e. The molecule has 2 aromatic heterocycles. The molecule has 0 atom stereocenters. The van der Waals surface area contributed by atoms with E-state index in [1.54, 1.807) is 12.4 Å². The van der Waals surface area contributed by atoms with Gasteiger partial charge in [0.25, 0.3) is 0 Å². The van der Waals surface area contributed by atoms with Gasteiger partial charge in [-0.25, -0.2) is 0 Å². The summed E-state index contributed by atoms with van der Waals surface area (Å²) in [5.41, 5.74) is 3.32. The summed E-state index contributed by atoms with van der Waals surface area (Å²) < 4.78 is 0.878. The number of carbonyl (C=O) groups excluding carboxylic acids is 1. The van der Waals surface area contributed by atoms with Gasteiger partial charge in [-0.2, -0.15) is 0 Å². The molecule has 0 fully saturated rings. The van der Waals surface area contributed by atoms with Gasteiger partial charge < -0.3 is 0 Å². The highest BCUT2D eigenvalue weighted by Crippen LogP contribution is 2.20. The number of halogens is 1. The zero-order valence-corrected chi connectivity index (χ0v) is 13.1. The fourth-order valence-electron chi connectivity index (χ4n) is 2.37. The van der Waals surface area contributed by atoms with Crippen molar-refractivity contribution in [2.45, 2.75) is 13.3 Å². The Hall–Kier alpha value is -2.07. The SMILES string of the molecule is Cc1cc(C(=O)Cc2cncc(Br)c2)c2ccccc2n1. The molecular formula is C17H13BrN2O. The lowest BCUT2D eigenvalue weighted by atomic mass is 10.00. The van der Waals surface area contributed by atoms with E-state index in [0.29, 0.717) is 6.42 Å². The summed E-state index contributed by atoms with van der Waals surface area (Å²) in [6.07, 6.45) is 3.76. The van der Waals surface area contributed by atoms with Crippen LogP contribution in [0.4, 0.5) is 0 Å². The Labute approximate surface area is 131 Å². The second kappa shape index (κ2) is 5.74. The fraction of sp³-hybridized carbons (Fsp3) is 0.118. The minimum Gasteiger partial charge on any atom is -0.294 e. The molecule has 0 aliphatic rings. The molecule has 0 bridgehead atoms. The summed E-state index contributed by atoms with van der Waals surface area (Å²) in [6.45, 7) is 1.91. The van der Waals surface area contributed by atoms with Crippen molar-refractivity contribution in [2.75, 3.05) is 0 Å². The molecule has 3 aromatic rings. The Morgan fingerprint density at radius 3 is 2.81 bits per heavy atom. The number of Topliss-reactive ketones (excluding diaryl/α,β-unsaturated/α-hetero) is 1. The molecule has 0 radical (unpaired) electrons. The number of benzene rings is 1. The first-order valence-electron chi connectivity index (χ1n) is 6.62. The number of aromatic nitrogens is 2. The van der Waals surface area contributed by atoms with E-state index in [-0.39, 0.29) is 5.78 Å². The maximum absolute atomic E-state index is 12.6. The van der Waals surface area contributed by atoms with Crippen LogP contribution in [-0.4, -0.2) is 15.8 Å². The summed E-state index contributed by atoms with van der Waals surface area (Å²) in [5, 5.41) is 0.899. The highest BCUT2D eigenvalue weighted by atomic mass is 79.9. The minimum absolute atomic E-state index is 0.0802. The van der Waals surface area contributed by atoms with E-state index in [9.17, 15) is 4.79 Å². The molecule has 0 unspecified atom stereocenters. The van der Waals surface area contributed by atoms with Crippen LogP contribution in [0.15, 0.2) is 53.3 Å². The highest BCUT2D eigenvalue weighted by Gasteiger charge is 2.12. The number of fused-ring (bicyclic) bond motifs is 1. The predicted molar refractivity (Wildman–Crippen MR) is 86.5 cm³/mol. The molecule has 1 aromatic carbocycles. The second-order valence-corrected chi connectivity index (χ2v) is 5.86. The molecule has 0 N–H and O–H groups in total. The Morgan fingerprint density at radius 2 is 2.00 bits per heavy atom. The molecule has 4 heteroatoms. The first-order chi connectivity index (χ1) is 10.1. The van der Waals surface area contributed by atoms with Gasteiger partial charge in [-0.15, -0.1) is 0 Å². The number of hydrogen-bond acceptors (Lipinski definition) is 3. The van der Waals surface area contributed by atoms with E-state index in [1.807, 2.05) is 43.3 Å². The highest BCUT2D eigenvalue weighted by molar-refractivity contribution is 9.10. The van der Waals surface area contributed by atoms with Gasteiger partial charge >= 0.3 is 0 Å². The summed E-state index contributed by atoms with van der Waals surface area (Å²) >= 11 is 3.38. The number of aryl methyl sites for hydroxylation is 1. The van der Waals surface area contributed by atoms with E-state index in [0.717, 1.165) is 32.2 Å². The van der Waals surface area contributed by atoms with Crippen molar-refractivity contribution in [1.82, 2.24) is 9.97 Å². The maximum Gasteiger partial charge on any atom is 0.168 e. The standard InChI is InChI=1S/C17H13BrN2O/c1-11-6-15(14-4-2-3-5-16(14)20-11)17(21)8-12-7-13(18)10-19-9-12/h2-7,9-10H,8H2,1H3. The molecule has 3 rings (SSSR count). The molecule has 0 saturated carbocycles. The van der Waals surface area contributed by atoms with E-state index in [4.69, 9.17) is 0 Å². The zero-order valence-electron chi connectivity index (χ0n) is 11.5. The first kappa shape index (κ1) is 13.9. The Kier molecular flexibility index (Phi) is 3.80. The van der Waals surface area contributed by atoms with Crippen molar-refractivity contribution in [3.63, 3.8) is 0 Å². The lowest BCUT2D eigenvalue weighted by Crippen LogP contribution is -2.06. The van der Waals surface area contributed by atoms with Crippen molar-refractivity contribution in [2.24, 2.45) is 0 Å². The molecule has 0 amide bonds. The monoisotopic (exact) mass is 340 g/mol. The van der Waals surface area contributed by atoms with Gasteiger partial charge in [0, 0.05) is 39.9 Å². The van der Waals surface area contributed by atoms with Gasteiger partial charge in [0.05, 0.1) is 5.52 Å². The van der Waals surface area contributed by atoms with Crippen LogP contribution in [0.1, 0.15) is 21.6 Å². The van der Waals surface area contributed by atoms with E-state index in [1.165, 1.54) is 0 Å². The first-order valence-corrected chi connectivity index (χ1v) is 7.42. The Bertz CT molecular complexity index is 830. The number of pyridine rings is 2. The number of hydrogen-bond donors (Lipinski definition) is 0. The zero-order chi connectivity index (χ0) is 14.8. The van der Waals surface area contributed by atoms with Crippen molar-refractivity contribution < 1.29 is 4.79 Å². The normalized spacial score (nSPS) is 10.8. The number of nitrogens with zero attached hydrogens (tertiary/aromatic N) is 2. The Morgan fingerprint density at radius 1 is 1.19 bits per heavy atom. The number of ketones is 1. The van der Waals surface area contributed by atoms with Gasteiger partial charge in [-0.05, 0) is 46.6 Å². The van der Waals surface area contributed by atoms with Gasteiger partial charge in [0.2, 0.25) is 0 Å². The van der Waals surface area contributed by atoms with Gasteiger partial charge in [0.1, 0.15) is 0 Å². The molecule has 0 aliphatic heterocycles. The van der Waals surface area contributed by atoms with Gasteiger partial charge in [0.15, 0.2) is 5.78 Å². The van der Waals surface area contributed by atoms with Gasteiger partial charge in [-0.1, -0.05) is 18.2 Å². The van der Waals surface area contributed by atoms with E-state index in [2.05, 4.69) is 25.9 Å². The predicted octanol–water partition coefficient (Wildman–Crippen LogP) is 4.13. The third-order valence-corrected chi connectivity index (χ3v) is 3.70. The van der Waals surface area contributed by atoms with E-state index < -0.39 is 0 Å². The minimum atomic E-state index is 0.0802. The average Bonchev–Trinajstić information content (AvgIpc) is 2.46. The summed E-state index contributed by atoms with van der Waals surface area (Å²) in [5.74, 6) is 0.0802. The topological polar surface area (TPSA) is 42.9 Å². The molecule has 21 heavy (non-hydrogen) atoms. The van der Waals surface area contributed by atoms with Crippen molar-refractivity contribution in [3.8, 4) is 0 Å². The number of carbonyl (C=O) groups is 1. The quantitative estimate of drug-likeness (QED) is 0.673. The van der Waals surface area contributed by atoms with Crippen LogP contribution in [0, 0.1) is 6.92 Å². The van der Waals surface area contributed by atoms with Crippen LogP contribution in [0.5, 0.6) is 0 Å². The fourth-order valence-corrected chi connectivity index (χ4v) is 2.78. The van der Waals surface area contributed by atoms with Crippen molar-refractivity contribution >= 4 is 32.6 Å². The average molecular weight is 341 g/mol. The van der Waals surface area contributed by atoms with E-state index >= 15 is 0 Å². The lowest BCUT2D eigenvalue weighted by Gasteiger charge is -2.07. The molecule has 0 saturated heterocycles. The molecular weight excluding hydrogens is 328 g/mol.